The Bertz CT molecular complexity index is 231. The van der Waals surface area contributed by atoms with Gasteiger partial charge in [0.15, 0.2) is 0 Å². The van der Waals surface area contributed by atoms with Crippen molar-refractivity contribution < 1.29 is 4.74 Å². The highest BCUT2D eigenvalue weighted by atomic mass is 16.5. The molecule has 2 aliphatic rings. The van der Waals surface area contributed by atoms with Crippen LogP contribution < -0.4 is 5.32 Å². The highest BCUT2D eigenvalue weighted by molar-refractivity contribution is 4.89. The first-order chi connectivity index (χ1) is 8.24. The van der Waals surface area contributed by atoms with Crippen LogP contribution in [0.1, 0.15) is 58.8 Å². The second-order valence-corrected chi connectivity index (χ2v) is 6.08. The summed E-state index contributed by atoms with van der Waals surface area (Å²) in [6.07, 6.45) is 10.5. The van der Waals surface area contributed by atoms with E-state index in [9.17, 15) is 0 Å². The van der Waals surface area contributed by atoms with E-state index in [1.54, 1.807) is 0 Å². The molecule has 0 radical (unpaired) electrons. The molecule has 0 aromatic rings. The highest BCUT2D eigenvalue weighted by Crippen LogP contribution is 2.36. The Kier molecular flexibility index (Phi) is 4.87. The molecule has 5 unspecified atom stereocenters. The molecule has 1 aliphatic heterocycles. The van der Waals surface area contributed by atoms with Crippen molar-refractivity contribution in [1.82, 2.24) is 5.32 Å². The standard InChI is InChI=1S/C15H29NO/c1-4-12-6-5-7-13(10-12)15(16-3)14-9-8-11(2)17-14/h11-16H,4-10H2,1-3H3. The number of hydrogen-bond acceptors (Lipinski definition) is 2. The molecule has 2 fully saturated rings. The maximum Gasteiger partial charge on any atom is 0.0735 e. The van der Waals surface area contributed by atoms with E-state index in [1.165, 1.54) is 44.9 Å². The monoisotopic (exact) mass is 239 g/mol. The van der Waals surface area contributed by atoms with Crippen molar-refractivity contribution in [3.8, 4) is 0 Å². The lowest BCUT2D eigenvalue weighted by atomic mass is 9.75. The Labute approximate surface area is 107 Å². The van der Waals surface area contributed by atoms with Crippen molar-refractivity contribution in [2.45, 2.75) is 77.0 Å². The molecule has 0 spiro atoms. The van der Waals surface area contributed by atoms with Crippen LogP contribution in [0.3, 0.4) is 0 Å². The molecule has 2 nitrogen and oxygen atoms in total. The summed E-state index contributed by atoms with van der Waals surface area (Å²) in [7, 11) is 2.12. The summed E-state index contributed by atoms with van der Waals surface area (Å²) >= 11 is 0. The first-order valence-electron chi connectivity index (χ1n) is 7.57. The van der Waals surface area contributed by atoms with Crippen molar-refractivity contribution in [2.24, 2.45) is 11.8 Å². The van der Waals surface area contributed by atoms with Crippen molar-refractivity contribution in [1.29, 1.82) is 0 Å². The van der Waals surface area contributed by atoms with Crippen LogP contribution >= 0.6 is 0 Å². The van der Waals surface area contributed by atoms with Crippen molar-refractivity contribution in [3.05, 3.63) is 0 Å². The number of ether oxygens (including phenoxy) is 1. The molecule has 1 N–H and O–H groups in total. The maximum atomic E-state index is 6.07. The van der Waals surface area contributed by atoms with Gasteiger partial charge in [-0.2, -0.15) is 0 Å². The summed E-state index contributed by atoms with van der Waals surface area (Å²) in [6.45, 7) is 4.55. The zero-order valence-electron chi connectivity index (χ0n) is 11.7. The Balaban J connectivity index is 1.92. The van der Waals surface area contributed by atoms with Crippen LogP contribution in [-0.2, 0) is 4.74 Å². The van der Waals surface area contributed by atoms with Gasteiger partial charge in [0.1, 0.15) is 0 Å². The third-order valence-corrected chi connectivity index (χ3v) is 4.91. The van der Waals surface area contributed by atoms with Crippen LogP contribution in [0.4, 0.5) is 0 Å². The molecular weight excluding hydrogens is 210 g/mol. The Morgan fingerprint density at radius 3 is 2.65 bits per heavy atom. The van der Waals surface area contributed by atoms with Crippen molar-refractivity contribution >= 4 is 0 Å². The molecule has 1 heterocycles. The van der Waals surface area contributed by atoms with E-state index in [0.29, 0.717) is 18.2 Å². The molecule has 0 aromatic carbocycles. The zero-order chi connectivity index (χ0) is 12.3. The van der Waals surface area contributed by atoms with Crippen LogP contribution in [0.5, 0.6) is 0 Å². The lowest BCUT2D eigenvalue weighted by molar-refractivity contribution is 0.0103. The van der Waals surface area contributed by atoms with Gasteiger partial charge in [0, 0.05) is 6.04 Å². The summed E-state index contributed by atoms with van der Waals surface area (Å²) in [5, 5.41) is 3.55. The average molecular weight is 239 g/mol. The predicted molar refractivity (Wildman–Crippen MR) is 72.2 cm³/mol. The topological polar surface area (TPSA) is 21.3 Å². The molecule has 0 aromatic heterocycles. The van der Waals surface area contributed by atoms with E-state index in [0.717, 1.165) is 11.8 Å². The van der Waals surface area contributed by atoms with Crippen molar-refractivity contribution in [3.63, 3.8) is 0 Å². The van der Waals surface area contributed by atoms with Gasteiger partial charge in [0.05, 0.1) is 12.2 Å². The summed E-state index contributed by atoms with van der Waals surface area (Å²) in [5.74, 6) is 1.80. The fourth-order valence-electron chi connectivity index (χ4n) is 3.85. The first-order valence-corrected chi connectivity index (χ1v) is 7.57. The minimum atomic E-state index is 0.468. The van der Waals surface area contributed by atoms with E-state index in [2.05, 4.69) is 26.2 Å². The number of likely N-dealkylation sites (N-methyl/N-ethyl adjacent to an activating group) is 1. The van der Waals surface area contributed by atoms with Crippen LogP contribution in [0.15, 0.2) is 0 Å². The molecule has 0 amide bonds. The van der Waals surface area contributed by atoms with Gasteiger partial charge in [-0.25, -0.2) is 0 Å². The number of hydrogen-bond donors (Lipinski definition) is 1. The van der Waals surface area contributed by atoms with Gasteiger partial charge in [0.25, 0.3) is 0 Å². The van der Waals surface area contributed by atoms with E-state index >= 15 is 0 Å². The molecule has 5 atom stereocenters. The lowest BCUT2D eigenvalue weighted by Gasteiger charge is -2.37. The largest absolute Gasteiger partial charge is 0.374 e. The summed E-state index contributed by atoms with van der Waals surface area (Å²) in [5.41, 5.74) is 0. The Morgan fingerprint density at radius 2 is 2.06 bits per heavy atom. The van der Waals surface area contributed by atoms with E-state index < -0.39 is 0 Å². The molecule has 0 bridgehead atoms. The summed E-state index contributed by atoms with van der Waals surface area (Å²) in [4.78, 5) is 0. The van der Waals surface area contributed by atoms with Gasteiger partial charge in [-0.1, -0.05) is 26.2 Å². The van der Waals surface area contributed by atoms with Crippen molar-refractivity contribution in [2.75, 3.05) is 7.05 Å². The fraction of sp³-hybridized carbons (Fsp3) is 1.00. The first kappa shape index (κ1) is 13.4. The SMILES string of the molecule is CCC1CCCC(C(NC)C2CCC(C)O2)C1. The molecule has 17 heavy (non-hydrogen) atoms. The molecule has 1 saturated carbocycles. The van der Waals surface area contributed by atoms with Gasteiger partial charge in [-0.05, 0) is 51.5 Å². The predicted octanol–water partition coefficient (Wildman–Crippen LogP) is 3.36. The van der Waals surface area contributed by atoms with E-state index in [-0.39, 0.29) is 0 Å². The average Bonchev–Trinajstić information content (AvgIpc) is 2.77. The Morgan fingerprint density at radius 1 is 1.24 bits per heavy atom. The second-order valence-electron chi connectivity index (χ2n) is 6.08. The number of nitrogens with one attached hydrogen (secondary N) is 1. The van der Waals surface area contributed by atoms with Gasteiger partial charge < -0.3 is 10.1 Å². The minimum Gasteiger partial charge on any atom is -0.374 e. The van der Waals surface area contributed by atoms with Gasteiger partial charge in [-0.3, -0.25) is 0 Å². The second kappa shape index (κ2) is 6.19. The van der Waals surface area contributed by atoms with E-state index in [1.807, 2.05) is 0 Å². The van der Waals surface area contributed by atoms with Crippen LogP contribution in [0.2, 0.25) is 0 Å². The van der Waals surface area contributed by atoms with E-state index in [4.69, 9.17) is 4.74 Å². The smallest absolute Gasteiger partial charge is 0.0735 e. The normalized spacial score (nSPS) is 40.4. The maximum absolute atomic E-state index is 6.07. The Hall–Kier alpha value is -0.0800. The molecular formula is C15H29NO. The van der Waals surface area contributed by atoms with Gasteiger partial charge in [-0.15, -0.1) is 0 Å². The quantitative estimate of drug-likeness (QED) is 0.812. The van der Waals surface area contributed by atoms with Gasteiger partial charge >= 0.3 is 0 Å². The summed E-state index contributed by atoms with van der Waals surface area (Å²) in [6, 6.07) is 0.592. The fourth-order valence-corrected chi connectivity index (χ4v) is 3.85. The molecule has 1 saturated heterocycles. The summed E-state index contributed by atoms with van der Waals surface area (Å²) < 4.78 is 6.07. The molecule has 100 valence electrons. The molecule has 2 rings (SSSR count). The lowest BCUT2D eigenvalue weighted by Crippen LogP contribution is -2.45. The molecule has 1 aliphatic carbocycles. The van der Waals surface area contributed by atoms with Gasteiger partial charge in [0.2, 0.25) is 0 Å². The number of rotatable bonds is 4. The zero-order valence-corrected chi connectivity index (χ0v) is 11.7. The third kappa shape index (κ3) is 3.23. The third-order valence-electron chi connectivity index (χ3n) is 4.91. The van der Waals surface area contributed by atoms with Crippen LogP contribution in [0.25, 0.3) is 0 Å². The highest BCUT2D eigenvalue weighted by Gasteiger charge is 2.35. The minimum absolute atomic E-state index is 0.468. The molecule has 2 heteroatoms. The van der Waals surface area contributed by atoms with Crippen LogP contribution in [0, 0.1) is 11.8 Å². The van der Waals surface area contributed by atoms with Crippen LogP contribution in [-0.4, -0.2) is 25.3 Å².